The van der Waals surface area contributed by atoms with Crippen molar-refractivity contribution in [3.63, 3.8) is 0 Å². The molecule has 1 atom stereocenters. The van der Waals surface area contributed by atoms with Crippen LogP contribution >= 0.6 is 0 Å². The van der Waals surface area contributed by atoms with E-state index in [0.717, 1.165) is 17.1 Å². The molecule has 0 fully saturated rings. The number of nitrogens with one attached hydrogen (secondary N) is 1. The maximum atomic E-state index is 14.0. The molecule has 0 saturated heterocycles. The zero-order valence-electron chi connectivity index (χ0n) is 11.2. The number of aryl methyl sites for hydroxylation is 2. The number of halogens is 1. The summed E-state index contributed by atoms with van der Waals surface area (Å²) in [5.41, 5.74) is 3.37. The van der Waals surface area contributed by atoms with Gasteiger partial charge in [-0.1, -0.05) is 6.07 Å². The summed E-state index contributed by atoms with van der Waals surface area (Å²) in [5.74, 6) is -0.207. The molecular formula is C14H18FN3. The van der Waals surface area contributed by atoms with E-state index in [9.17, 15) is 4.39 Å². The quantitative estimate of drug-likeness (QED) is 0.903. The average Bonchev–Trinajstić information content (AvgIpc) is 2.67. The standard InChI is InChI=1S/C14H18FN3/c1-9-8-10(2)18(17-9)13-7-5-6-12(15)14(13)11(3)16-4/h5-8,11,16H,1-4H3. The summed E-state index contributed by atoms with van der Waals surface area (Å²) >= 11 is 0. The summed E-state index contributed by atoms with van der Waals surface area (Å²) < 4.78 is 15.8. The second-order valence-corrected chi connectivity index (χ2v) is 4.52. The molecule has 18 heavy (non-hydrogen) atoms. The van der Waals surface area contributed by atoms with E-state index < -0.39 is 0 Å². The Balaban J connectivity index is 2.64. The fourth-order valence-corrected chi connectivity index (χ4v) is 2.16. The number of nitrogens with zero attached hydrogens (tertiary/aromatic N) is 2. The van der Waals surface area contributed by atoms with Crippen molar-refractivity contribution in [1.29, 1.82) is 0 Å². The minimum absolute atomic E-state index is 0.0647. The van der Waals surface area contributed by atoms with Crippen LogP contribution in [-0.2, 0) is 0 Å². The van der Waals surface area contributed by atoms with Crippen molar-refractivity contribution >= 4 is 0 Å². The molecule has 2 aromatic rings. The Hall–Kier alpha value is -1.68. The molecule has 2 rings (SSSR count). The Morgan fingerprint density at radius 3 is 2.61 bits per heavy atom. The fourth-order valence-electron chi connectivity index (χ4n) is 2.16. The maximum absolute atomic E-state index is 14.0. The van der Waals surface area contributed by atoms with Crippen LogP contribution in [0.15, 0.2) is 24.3 Å². The van der Waals surface area contributed by atoms with Crippen LogP contribution in [0.5, 0.6) is 0 Å². The molecule has 4 heteroatoms. The van der Waals surface area contributed by atoms with Gasteiger partial charge in [-0.25, -0.2) is 9.07 Å². The lowest BCUT2D eigenvalue weighted by atomic mass is 10.1. The minimum atomic E-state index is -0.207. The highest BCUT2D eigenvalue weighted by molar-refractivity contribution is 5.44. The van der Waals surface area contributed by atoms with E-state index in [-0.39, 0.29) is 11.9 Å². The Kier molecular flexibility index (Phi) is 3.48. The minimum Gasteiger partial charge on any atom is -0.313 e. The Morgan fingerprint density at radius 1 is 1.33 bits per heavy atom. The van der Waals surface area contributed by atoms with Gasteiger partial charge in [0.2, 0.25) is 0 Å². The predicted molar refractivity (Wildman–Crippen MR) is 70.5 cm³/mol. The highest BCUT2D eigenvalue weighted by Gasteiger charge is 2.17. The number of hydrogen-bond donors (Lipinski definition) is 1. The number of hydrogen-bond acceptors (Lipinski definition) is 2. The van der Waals surface area contributed by atoms with Crippen LogP contribution in [0.4, 0.5) is 4.39 Å². The van der Waals surface area contributed by atoms with Crippen molar-refractivity contribution in [3.8, 4) is 5.69 Å². The van der Waals surface area contributed by atoms with Crippen molar-refractivity contribution in [2.45, 2.75) is 26.8 Å². The Bertz CT molecular complexity index is 560. The van der Waals surface area contributed by atoms with Gasteiger partial charge >= 0.3 is 0 Å². The van der Waals surface area contributed by atoms with Crippen LogP contribution in [-0.4, -0.2) is 16.8 Å². The first-order valence-electron chi connectivity index (χ1n) is 6.04. The van der Waals surface area contributed by atoms with E-state index in [1.54, 1.807) is 10.7 Å². The maximum Gasteiger partial charge on any atom is 0.130 e. The SMILES string of the molecule is CNC(C)c1c(F)cccc1-n1nc(C)cc1C. The van der Waals surface area contributed by atoms with Gasteiger partial charge in [0.1, 0.15) is 5.82 Å². The number of aromatic nitrogens is 2. The largest absolute Gasteiger partial charge is 0.313 e. The van der Waals surface area contributed by atoms with Gasteiger partial charge in [-0.3, -0.25) is 0 Å². The highest BCUT2D eigenvalue weighted by atomic mass is 19.1. The smallest absolute Gasteiger partial charge is 0.130 e. The predicted octanol–water partition coefficient (Wildman–Crippen LogP) is 2.91. The van der Waals surface area contributed by atoms with E-state index in [1.807, 2.05) is 40.0 Å². The molecule has 0 aliphatic rings. The molecule has 0 aliphatic heterocycles. The van der Waals surface area contributed by atoms with E-state index >= 15 is 0 Å². The lowest BCUT2D eigenvalue weighted by Crippen LogP contribution is -2.17. The third kappa shape index (κ3) is 2.16. The second-order valence-electron chi connectivity index (χ2n) is 4.52. The topological polar surface area (TPSA) is 29.9 Å². The summed E-state index contributed by atoms with van der Waals surface area (Å²) in [7, 11) is 1.82. The first kappa shape index (κ1) is 12.8. The van der Waals surface area contributed by atoms with Crippen molar-refractivity contribution < 1.29 is 4.39 Å². The zero-order valence-corrected chi connectivity index (χ0v) is 11.2. The van der Waals surface area contributed by atoms with Gasteiger partial charge in [0, 0.05) is 17.3 Å². The molecule has 1 unspecified atom stereocenters. The second kappa shape index (κ2) is 4.90. The van der Waals surface area contributed by atoms with Gasteiger partial charge in [0.25, 0.3) is 0 Å². The molecule has 96 valence electrons. The summed E-state index contributed by atoms with van der Waals surface area (Å²) in [6.45, 7) is 5.84. The first-order valence-corrected chi connectivity index (χ1v) is 6.04. The molecule has 0 aliphatic carbocycles. The van der Waals surface area contributed by atoms with Crippen molar-refractivity contribution in [2.75, 3.05) is 7.05 Å². The first-order chi connectivity index (χ1) is 8.54. The normalized spacial score (nSPS) is 12.7. The van der Waals surface area contributed by atoms with Crippen molar-refractivity contribution in [1.82, 2.24) is 15.1 Å². The monoisotopic (exact) mass is 247 g/mol. The summed E-state index contributed by atoms with van der Waals surface area (Å²) in [6, 6.07) is 7.01. The van der Waals surface area contributed by atoms with E-state index in [0.29, 0.717) is 5.56 Å². The molecule has 0 bridgehead atoms. The molecule has 0 saturated carbocycles. The lowest BCUT2D eigenvalue weighted by Gasteiger charge is -2.17. The van der Waals surface area contributed by atoms with Gasteiger partial charge in [0.15, 0.2) is 0 Å². The summed E-state index contributed by atoms with van der Waals surface area (Å²) in [4.78, 5) is 0. The van der Waals surface area contributed by atoms with Crippen LogP contribution in [0.3, 0.4) is 0 Å². The summed E-state index contributed by atoms with van der Waals surface area (Å²) in [5, 5.41) is 7.50. The van der Waals surface area contributed by atoms with Crippen molar-refractivity contribution in [3.05, 3.63) is 47.0 Å². The molecule has 1 N–H and O–H groups in total. The third-order valence-corrected chi connectivity index (χ3v) is 3.13. The highest BCUT2D eigenvalue weighted by Crippen LogP contribution is 2.25. The summed E-state index contributed by atoms with van der Waals surface area (Å²) in [6.07, 6.45) is 0. The van der Waals surface area contributed by atoms with Crippen LogP contribution in [0.1, 0.15) is 29.9 Å². The lowest BCUT2D eigenvalue weighted by molar-refractivity contribution is 0.556. The molecule has 1 aromatic carbocycles. The van der Waals surface area contributed by atoms with Crippen LogP contribution in [0, 0.1) is 19.7 Å². The molecule has 0 spiro atoms. The molecule has 1 heterocycles. The van der Waals surface area contributed by atoms with Crippen LogP contribution in [0.25, 0.3) is 5.69 Å². The number of benzene rings is 1. The average molecular weight is 247 g/mol. The van der Waals surface area contributed by atoms with Gasteiger partial charge < -0.3 is 5.32 Å². The Labute approximate surface area is 107 Å². The molecular weight excluding hydrogens is 229 g/mol. The van der Waals surface area contributed by atoms with Gasteiger partial charge in [-0.2, -0.15) is 5.10 Å². The number of rotatable bonds is 3. The zero-order chi connectivity index (χ0) is 13.3. The van der Waals surface area contributed by atoms with E-state index in [1.165, 1.54) is 6.07 Å². The van der Waals surface area contributed by atoms with Crippen LogP contribution < -0.4 is 5.32 Å². The molecule has 0 amide bonds. The van der Waals surface area contributed by atoms with Crippen molar-refractivity contribution in [2.24, 2.45) is 0 Å². The van der Waals surface area contributed by atoms with Crippen LogP contribution in [0.2, 0.25) is 0 Å². The van der Waals surface area contributed by atoms with E-state index in [4.69, 9.17) is 0 Å². The molecule has 0 radical (unpaired) electrons. The van der Waals surface area contributed by atoms with Gasteiger partial charge in [-0.15, -0.1) is 0 Å². The molecule has 3 nitrogen and oxygen atoms in total. The van der Waals surface area contributed by atoms with Gasteiger partial charge in [0.05, 0.1) is 11.4 Å². The Morgan fingerprint density at radius 2 is 2.06 bits per heavy atom. The molecule has 1 aromatic heterocycles. The fraction of sp³-hybridized carbons (Fsp3) is 0.357. The third-order valence-electron chi connectivity index (χ3n) is 3.13. The van der Waals surface area contributed by atoms with E-state index in [2.05, 4.69) is 10.4 Å². The van der Waals surface area contributed by atoms with Gasteiger partial charge in [-0.05, 0) is 46.0 Å².